The zero-order chi connectivity index (χ0) is 13.4. The lowest BCUT2D eigenvalue weighted by Gasteiger charge is -2.21. The van der Waals surface area contributed by atoms with Crippen LogP contribution in [0, 0.1) is 0 Å². The molecule has 1 unspecified atom stereocenters. The van der Waals surface area contributed by atoms with Crippen LogP contribution in [0.5, 0.6) is 0 Å². The van der Waals surface area contributed by atoms with E-state index in [1.54, 1.807) is 12.4 Å². The molecule has 1 heterocycles. The third-order valence-electron chi connectivity index (χ3n) is 2.91. The number of nitrogens with zero attached hydrogens (tertiary/aromatic N) is 2. The van der Waals surface area contributed by atoms with Crippen molar-refractivity contribution in [3.05, 3.63) is 30.1 Å². The lowest BCUT2D eigenvalue weighted by atomic mass is 10.1. The van der Waals surface area contributed by atoms with Crippen molar-refractivity contribution in [1.29, 1.82) is 0 Å². The second-order valence-corrected chi connectivity index (χ2v) is 4.63. The van der Waals surface area contributed by atoms with Gasteiger partial charge in [-0.15, -0.1) is 0 Å². The molecule has 18 heavy (non-hydrogen) atoms. The zero-order valence-corrected chi connectivity index (χ0v) is 11.3. The molecule has 1 rings (SSSR count). The molecule has 4 heteroatoms. The number of pyridine rings is 1. The van der Waals surface area contributed by atoms with Crippen LogP contribution in [-0.4, -0.2) is 28.4 Å². The zero-order valence-electron chi connectivity index (χ0n) is 11.3. The summed E-state index contributed by atoms with van der Waals surface area (Å²) >= 11 is 0. The van der Waals surface area contributed by atoms with Crippen molar-refractivity contribution in [1.82, 2.24) is 9.88 Å². The highest BCUT2D eigenvalue weighted by molar-refractivity contribution is 5.76. The third-order valence-corrected chi connectivity index (χ3v) is 2.91. The highest BCUT2D eigenvalue weighted by Gasteiger charge is 2.11. The molecule has 0 saturated carbocycles. The normalized spacial score (nSPS) is 12.2. The van der Waals surface area contributed by atoms with E-state index in [0.29, 0.717) is 13.0 Å². The first kappa shape index (κ1) is 14.6. The smallest absolute Gasteiger partial charge is 0.222 e. The minimum atomic E-state index is 0.174. The first-order chi connectivity index (χ1) is 8.63. The molecule has 100 valence electrons. The van der Waals surface area contributed by atoms with E-state index in [4.69, 9.17) is 5.73 Å². The van der Waals surface area contributed by atoms with Crippen LogP contribution in [0.25, 0.3) is 0 Å². The molecule has 0 fully saturated rings. The standard InChI is InChI=1S/C14H23N3O/c1-3-17(11-13-7-9-16-10-8-13)14(18)6-4-5-12(2)15/h7-10,12H,3-6,11,15H2,1-2H3. The molecule has 4 nitrogen and oxygen atoms in total. The van der Waals surface area contributed by atoms with Crippen LogP contribution in [0.1, 0.15) is 38.7 Å². The van der Waals surface area contributed by atoms with E-state index in [0.717, 1.165) is 24.9 Å². The monoisotopic (exact) mass is 249 g/mol. The molecule has 0 radical (unpaired) electrons. The average molecular weight is 249 g/mol. The number of hydrogen-bond acceptors (Lipinski definition) is 3. The van der Waals surface area contributed by atoms with Gasteiger partial charge in [-0.1, -0.05) is 0 Å². The van der Waals surface area contributed by atoms with Gasteiger partial charge in [-0.2, -0.15) is 0 Å². The molecular formula is C14H23N3O. The van der Waals surface area contributed by atoms with Gasteiger partial charge in [0.15, 0.2) is 0 Å². The van der Waals surface area contributed by atoms with E-state index in [1.165, 1.54) is 0 Å². The van der Waals surface area contributed by atoms with Gasteiger partial charge in [0.2, 0.25) is 5.91 Å². The highest BCUT2D eigenvalue weighted by Crippen LogP contribution is 2.07. The first-order valence-electron chi connectivity index (χ1n) is 6.55. The number of rotatable bonds is 7. The van der Waals surface area contributed by atoms with Crippen molar-refractivity contribution in [2.75, 3.05) is 6.54 Å². The van der Waals surface area contributed by atoms with Gasteiger partial charge in [-0.25, -0.2) is 0 Å². The minimum Gasteiger partial charge on any atom is -0.339 e. The Morgan fingerprint density at radius 1 is 1.44 bits per heavy atom. The quantitative estimate of drug-likeness (QED) is 0.803. The van der Waals surface area contributed by atoms with Crippen molar-refractivity contribution in [2.24, 2.45) is 5.73 Å². The number of aromatic nitrogens is 1. The summed E-state index contributed by atoms with van der Waals surface area (Å²) in [7, 11) is 0. The van der Waals surface area contributed by atoms with Crippen LogP contribution in [-0.2, 0) is 11.3 Å². The lowest BCUT2D eigenvalue weighted by Crippen LogP contribution is -2.30. The summed E-state index contributed by atoms with van der Waals surface area (Å²) in [6, 6.07) is 4.06. The Bertz CT molecular complexity index is 351. The van der Waals surface area contributed by atoms with Gasteiger partial charge in [0.1, 0.15) is 0 Å². The average Bonchev–Trinajstić information content (AvgIpc) is 2.36. The van der Waals surface area contributed by atoms with Crippen molar-refractivity contribution < 1.29 is 4.79 Å². The maximum Gasteiger partial charge on any atom is 0.222 e. The third kappa shape index (κ3) is 5.27. The summed E-state index contributed by atoms with van der Waals surface area (Å²) in [5.41, 5.74) is 6.80. The first-order valence-corrected chi connectivity index (χ1v) is 6.55. The second kappa shape index (κ2) is 7.82. The van der Waals surface area contributed by atoms with Crippen LogP contribution in [0.2, 0.25) is 0 Å². The molecule has 1 aromatic heterocycles. The van der Waals surface area contributed by atoms with Crippen molar-refractivity contribution in [3.8, 4) is 0 Å². The van der Waals surface area contributed by atoms with E-state index in [2.05, 4.69) is 4.98 Å². The molecule has 0 bridgehead atoms. The maximum atomic E-state index is 12.0. The fourth-order valence-electron chi connectivity index (χ4n) is 1.82. The van der Waals surface area contributed by atoms with Gasteiger partial charge < -0.3 is 10.6 Å². The summed E-state index contributed by atoms with van der Waals surface area (Å²) in [6.45, 7) is 5.37. The predicted molar refractivity (Wildman–Crippen MR) is 72.8 cm³/mol. The van der Waals surface area contributed by atoms with Gasteiger partial charge in [-0.05, 0) is 44.4 Å². The van der Waals surface area contributed by atoms with E-state index in [9.17, 15) is 4.79 Å². The van der Waals surface area contributed by atoms with Crippen molar-refractivity contribution in [2.45, 2.75) is 45.7 Å². The Labute approximate surface area is 109 Å². The largest absolute Gasteiger partial charge is 0.339 e. The molecule has 0 aromatic carbocycles. The summed E-state index contributed by atoms with van der Waals surface area (Å²) in [6.07, 6.45) is 5.86. The topological polar surface area (TPSA) is 59.2 Å². The molecule has 1 amide bonds. The fraction of sp³-hybridized carbons (Fsp3) is 0.571. The summed E-state index contributed by atoms with van der Waals surface area (Å²) in [5, 5.41) is 0. The number of carbonyl (C=O) groups excluding carboxylic acids is 1. The van der Waals surface area contributed by atoms with E-state index in [-0.39, 0.29) is 11.9 Å². The molecule has 0 saturated heterocycles. The molecule has 1 aromatic rings. The Morgan fingerprint density at radius 3 is 2.67 bits per heavy atom. The SMILES string of the molecule is CCN(Cc1ccncc1)C(=O)CCCC(C)N. The van der Waals surface area contributed by atoms with Gasteiger partial charge in [0, 0.05) is 37.9 Å². The van der Waals surface area contributed by atoms with Crippen LogP contribution < -0.4 is 5.73 Å². The maximum absolute atomic E-state index is 12.0. The van der Waals surface area contributed by atoms with Crippen molar-refractivity contribution in [3.63, 3.8) is 0 Å². The number of carbonyl (C=O) groups is 1. The molecule has 1 atom stereocenters. The van der Waals surface area contributed by atoms with Gasteiger partial charge in [-0.3, -0.25) is 9.78 Å². The van der Waals surface area contributed by atoms with Crippen LogP contribution in [0.15, 0.2) is 24.5 Å². The second-order valence-electron chi connectivity index (χ2n) is 4.63. The van der Waals surface area contributed by atoms with E-state index < -0.39 is 0 Å². The number of nitrogens with two attached hydrogens (primary N) is 1. The van der Waals surface area contributed by atoms with E-state index in [1.807, 2.05) is 30.9 Å². The molecule has 0 aliphatic carbocycles. The van der Waals surface area contributed by atoms with Crippen LogP contribution in [0.3, 0.4) is 0 Å². The Hall–Kier alpha value is -1.42. The van der Waals surface area contributed by atoms with Crippen molar-refractivity contribution >= 4 is 5.91 Å². The number of hydrogen-bond donors (Lipinski definition) is 1. The minimum absolute atomic E-state index is 0.174. The lowest BCUT2D eigenvalue weighted by molar-refractivity contribution is -0.131. The molecule has 2 N–H and O–H groups in total. The summed E-state index contributed by atoms with van der Waals surface area (Å²) in [5.74, 6) is 0.204. The summed E-state index contributed by atoms with van der Waals surface area (Å²) < 4.78 is 0. The Kier molecular flexibility index (Phi) is 6.36. The fourth-order valence-corrected chi connectivity index (χ4v) is 1.82. The molecule has 0 spiro atoms. The predicted octanol–water partition coefficient (Wildman–Crippen LogP) is 1.95. The highest BCUT2D eigenvalue weighted by atomic mass is 16.2. The molecular weight excluding hydrogens is 226 g/mol. The Balaban J connectivity index is 2.43. The molecule has 0 aliphatic rings. The van der Waals surface area contributed by atoms with Gasteiger partial charge in [0.05, 0.1) is 0 Å². The number of amides is 1. The van der Waals surface area contributed by atoms with E-state index >= 15 is 0 Å². The van der Waals surface area contributed by atoms with Crippen LogP contribution >= 0.6 is 0 Å². The van der Waals surface area contributed by atoms with Gasteiger partial charge in [0.25, 0.3) is 0 Å². The van der Waals surface area contributed by atoms with Crippen LogP contribution in [0.4, 0.5) is 0 Å². The summed E-state index contributed by atoms with van der Waals surface area (Å²) in [4.78, 5) is 17.9. The Morgan fingerprint density at radius 2 is 2.11 bits per heavy atom. The molecule has 0 aliphatic heterocycles. The van der Waals surface area contributed by atoms with Gasteiger partial charge >= 0.3 is 0 Å².